The lowest BCUT2D eigenvalue weighted by Gasteiger charge is -2.40. The van der Waals surface area contributed by atoms with Gasteiger partial charge in [-0.15, -0.1) is 0 Å². The number of alkyl halides is 3. The Kier molecular flexibility index (Phi) is 4.98. The van der Waals surface area contributed by atoms with Gasteiger partial charge in [0, 0.05) is 32.2 Å². The number of hydrogen-bond acceptors (Lipinski definition) is 3. The Bertz CT molecular complexity index is 287. The van der Waals surface area contributed by atoms with Crippen molar-refractivity contribution in [1.29, 1.82) is 0 Å². The molecule has 1 fully saturated rings. The molecule has 18 heavy (non-hydrogen) atoms. The number of carboxylic acid groups (broad SMARTS) is 1. The van der Waals surface area contributed by atoms with Gasteiger partial charge in [0.25, 0.3) is 0 Å². The summed E-state index contributed by atoms with van der Waals surface area (Å²) in [5.74, 6) is -1.41. The predicted octanol–water partition coefficient (Wildman–Crippen LogP) is 1.42. The summed E-state index contributed by atoms with van der Waals surface area (Å²) < 4.78 is 38.4. The maximum Gasteiger partial charge on any atom is 0.404 e. The summed E-state index contributed by atoms with van der Waals surface area (Å²) in [4.78, 5) is 13.9. The maximum absolute atomic E-state index is 12.8. The van der Waals surface area contributed by atoms with E-state index in [-0.39, 0.29) is 13.1 Å². The van der Waals surface area contributed by atoms with Crippen molar-refractivity contribution in [2.45, 2.75) is 38.5 Å². The molecule has 1 aliphatic heterocycles. The van der Waals surface area contributed by atoms with Crippen LogP contribution in [0.4, 0.5) is 13.2 Å². The molecule has 0 saturated carbocycles. The monoisotopic (exact) mass is 268 g/mol. The van der Waals surface area contributed by atoms with E-state index in [4.69, 9.17) is 5.11 Å². The van der Waals surface area contributed by atoms with Crippen LogP contribution in [0.25, 0.3) is 0 Å². The molecule has 1 unspecified atom stereocenters. The van der Waals surface area contributed by atoms with Gasteiger partial charge in [-0.1, -0.05) is 0 Å². The molecule has 0 aromatic rings. The van der Waals surface area contributed by atoms with Gasteiger partial charge < -0.3 is 5.11 Å². The van der Waals surface area contributed by atoms with Crippen LogP contribution in [0.2, 0.25) is 0 Å². The van der Waals surface area contributed by atoms with E-state index < -0.39 is 24.6 Å². The number of hydrogen-bond donors (Lipinski definition) is 1. The van der Waals surface area contributed by atoms with Crippen molar-refractivity contribution in [3.8, 4) is 0 Å². The van der Waals surface area contributed by atoms with E-state index in [0.29, 0.717) is 19.1 Å². The van der Waals surface area contributed by atoms with Gasteiger partial charge in [0.15, 0.2) is 0 Å². The summed E-state index contributed by atoms with van der Waals surface area (Å²) in [5, 5.41) is 8.58. The second-order valence-corrected chi connectivity index (χ2v) is 4.82. The molecule has 1 heterocycles. The molecule has 0 aliphatic carbocycles. The Labute approximate surface area is 104 Å². The minimum Gasteiger partial charge on any atom is -0.481 e. The zero-order valence-corrected chi connectivity index (χ0v) is 10.6. The molecule has 0 aromatic carbocycles. The predicted molar refractivity (Wildman–Crippen MR) is 60.4 cm³/mol. The molecule has 1 N–H and O–H groups in total. The Morgan fingerprint density at radius 3 is 1.94 bits per heavy atom. The van der Waals surface area contributed by atoms with Crippen LogP contribution in [0.3, 0.4) is 0 Å². The Morgan fingerprint density at radius 2 is 1.61 bits per heavy atom. The van der Waals surface area contributed by atoms with Gasteiger partial charge in [-0.2, -0.15) is 13.2 Å². The Balaban J connectivity index is 2.63. The molecule has 0 aromatic heterocycles. The second kappa shape index (κ2) is 5.88. The minimum absolute atomic E-state index is 0.260. The fourth-order valence-corrected chi connectivity index (χ4v) is 2.18. The van der Waals surface area contributed by atoms with Crippen molar-refractivity contribution in [3.63, 3.8) is 0 Å². The lowest BCUT2D eigenvalue weighted by atomic mass is 10.1. The topological polar surface area (TPSA) is 43.8 Å². The fourth-order valence-electron chi connectivity index (χ4n) is 2.18. The van der Waals surface area contributed by atoms with Crippen LogP contribution in [0.15, 0.2) is 0 Å². The largest absolute Gasteiger partial charge is 0.481 e. The lowest BCUT2D eigenvalue weighted by Crippen LogP contribution is -2.56. The van der Waals surface area contributed by atoms with Crippen LogP contribution >= 0.6 is 0 Å². The molecule has 106 valence electrons. The van der Waals surface area contributed by atoms with Crippen molar-refractivity contribution < 1.29 is 23.1 Å². The van der Waals surface area contributed by atoms with Crippen LogP contribution in [0.1, 0.15) is 20.3 Å². The molecular weight excluding hydrogens is 249 g/mol. The molecular formula is C11H19F3N2O2. The van der Waals surface area contributed by atoms with Crippen molar-refractivity contribution in [1.82, 2.24) is 9.80 Å². The average molecular weight is 268 g/mol. The van der Waals surface area contributed by atoms with Crippen LogP contribution in [-0.2, 0) is 4.79 Å². The number of nitrogens with zero attached hydrogens (tertiary/aromatic N) is 2. The summed E-state index contributed by atoms with van der Waals surface area (Å²) in [5.41, 5.74) is 0. The van der Waals surface area contributed by atoms with Gasteiger partial charge in [0.05, 0.1) is 6.42 Å². The van der Waals surface area contributed by atoms with Crippen molar-refractivity contribution in [3.05, 3.63) is 0 Å². The van der Waals surface area contributed by atoms with Crippen molar-refractivity contribution >= 4 is 5.97 Å². The standard InChI is InChI=1S/C11H19F3N2O2/c1-8(2)15-3-5-16(6-4-15)9(7-10(17)18)11(12,13)14/h8-9H,3-7H2,1-2H3,(H,17,18). The summed E-state index contributed by atoms with van der Waals surface area (Å²) in [7, 11) is 0. The average Bonchev–Trinajstić information content (AvgIpc) is 2.24. The van der Waals surface area contributed by atoms with Crippen LogP contribution in [-0.4, -0.2) is 65.3 Å². The number of rotatable bonds is 4. The molecule has 1 atom stereocenters. The van der Waals surface area contributed by atoms with Crippen LogP contribution in [0.5, 0.6) is 0 Å². The molecule has 7 heteroatoms. The highest BCUT2D eigenvalue weighted by Crippen LogP contribution is 2.28. The number of piperazine rings is 1. The van der Waals surface area contributed by atoms with E-state index in [1.54, 1.807) is 0 Å². The normalized spacial score (nSPS) is 21.2. The second-order valence-electron chi connectivity index (χ2n) is 4.82. The SMILES string of the molecule is CC(C)N1CCN(C(CC(=O)O)C(F)(F)F)CC1. The molecule has 1 aliphatic rings. The third kappa shape index (κ3) is 4.13. The Hall–Kier alpha value is -0.820. The van der Waals surface area contributed by atoms with Crippen molar-refractivity contribution in [2.75, 3.05) is 26.2 Å². The van der Waals surface area contributed by atoms with E-state index in [9.17, 15) is 18.0 Å². The zero-order chi connectivity index (χ0) is 13.9. The number of carbonyl (C=O) groups is 1. The van der Waals surface area contributed by atoms with Gasteiger partial charge in [0.1, 0.15) is 6.04 Å². The summed E-state index contributed by atoms with van der Waals surface area (Å²) in [6.45, 7) is 5.60. The summed E-state index contributed by atoms with van der Waals surface area (Å²) >= 11 is 0. The maximum atomic E-state index is 12.8. The van der Waals surface area contributed by atoms with E-state index in [0.717, 1.165) is 0 Å². The molecule has 0 bridgehead atoms. The van der Waals surface area contributed by atoms with Crippen LogP contribution < -0.4 is 0 Å². The highest BCUT2D eigenvalue weighted by Gasteiger charge is 2.45. The number of halogens is 3. The van der Waals surface area contributed by atoms with Gasteiger partial charge in [-0.05, 0) is 13.8 Å². The first-order valence-electron chi connectivity index (χ1n) is 5.98. The summed E-state index contributed by atoms with van der Waals surface area (Å²) in [6, 6.07) is -1.57. The van der Waals surface area contributed by atoms with E-state index >= 15 is 0 Å². The first kappa shape index (κ1) is 15.2. The van der Waals surface area contributed by atoms with Gasteiger partial charge in [-0.25, -0.2) is 0 Å². The third-order valence-corrected chi connectivity index (χ3v) is 3.27. The van der Waals surface area contributed by atoms with Crippen molar-refractivity contribution in [2.24, 2.45) is 0 Å². The molecule has 1 saturated heterocycles. The van der Waals surface area contributed by atoms with E-state index in [2.05, 4.69) is 4.90 Å². The van der Waals surface area contributed by atoms with Gasteiger partial charge in [-0.3, -0.25) is 14.6 Å². The minimum atomic E-state index is -4.49. The first-order chi connectivity index (χ1) is 8.21. The first-order valence-corrected chi connectivity index (χ1v) is 5.98. The smallest absolute Gasteiger partial charge is 0.404 e. The lowest BCUT2D eigenvalue weighted by molar-refractivity contribution is -0.194. The quantitative estimate of drug-likeness (QED) is 0.837. The number of aliphatic carboxylic acids is 1. The molecule has 1 rings (SSSR count). The fraction of sp³-hybridized carbons (Fsp3) is 0.909. The molecule has 0 spiro atoms. The highest BCUT2D eigenvalue weighted by atomic mass is 19.4. The van der Waals surface area contributed by atoms with Crippen LogP contribution in [0, 0.1) is 0 Å². The molecule has 4 nitrogen and oxygen atoms in total. The summed E-state index contributed by atoms with van der Waals surface area (Å²) in [6.07, 6.45) is -5.37. The number of carboxylic acids is 1. The Morgan fingerprint density at radius 1 is 1.17 bits per heavy atom. The van der Waals surface area contributed by atoms with E-state index in [1.807, 2.05) is 13.8 Å². The van der Waals surface area contributed by atoms with Gasteiger partial charge in [0.2, 0.25) is 0 Å². The van der Waals surface area contributed by atoms with Gasteiger partial charge >= 0.3 is 12.1 Å². The highest BCUT2D eigenvalue weighted by molar-refractivity contribution is 5.67. The molecule has 0 radical (unpaired) electrons. The zero-order valence-electron chi connectivity index (χ0n) is 10.6. The molecule has 0 amide bonds. The third-order valence-electron chi connectivity index (χ3n) is 3.27. The van der Waals surface area contributed by atoms with E-state index in [1.165, 1.54) is 4.90 Å².